The van der Waals surface area contributed by atoms with Crippen molar-refractivity contribution in [3.63, 3.8) is 0 Å². The van der Waals surface area contributed by atoms with Crippen molar-refractivity contribution >= 4 is 17.7 Å². The normalized spacial score (nSPS) is 10.8. The van der Waals surface area contributed by atoms with Crippen LogP contribution >= 0.6 is 11.8 Å². The van der Waals surface area contributed by atoms with Gasteiger partial charge in [0.25, 0.3) is 5.91 Å². The number of amides is 1. The van der Waals surface area contributed by atoms with Crippen LogP contribution < -0.4 is 10.1 Å². The molecule has 0 atom stereocenters. The number of hydrogen-bond donors (Lipinski definition) is 1. The summed E-state index contributed by atoms with van der Waals surface area (Å²) in [6.07, 6.45) is 1.88. The van der Waals surface area contributed by atoms with Crippen LogP contribution in [0.4, 0.5) is 4.39 Å². The third-order valence-electron chi connectivity index (χ3n) is 3.46. The zero-order valence-corrected chi connectivity index (χ0v) is 15.6. The number of benzene rings is 1. The molecule has 2 rings (SSSR count). The number of halogens is 1. The summed E-state index contributed by atoms with van der Waals surface area (Å²) >= 11 is 1.42. The summed E-state index contributed by atoms with van der Waals surface area (Å²) in [4.78, 5) is 21.4. The van der Waals surface area contributed by atoms with Crippen molar-refractivity contribution in [2.75, 3.05) is 19.4 Å². The number of aryl methyl sites for hydroxylation is 1. The van der Waals surface area contributed by atoms with Crippen molar-refractivity contribution in [2.24, 2.45) is 0 Å². The van der Waals surface area contributed by atoms with Gasteiger partial charge in [0, 0.05) is 12.0 Å². The SMILES string of the molecule is CSc1nc(C(C)C)nc(C)c1C(=O)NCCOc1cccc(F)c1. The van der Waals surface area contributed by atoms with Crippen LogP contribution in [0.1, 0.15) is 41.6 Å². The number of nitrogens with one attached hydrogen (secondary N) is 1. The van der Waals surface area contributed by atoms with E-state index in [1.165, 1.54) is 23.9 Å². The lowest BCUT2D eigenvalue weighted by Gasteiger charge is -2.13. The lowest BCUT2D eigenvalue weighted by atomic mass is 10.1. The molecule has 0 radical (unpaired) electrons. The van der Waals surface area contributed by atoms with Gasteiger partial charge in [0.15, 0.2) is 0 Å². The first kappa shape index (κ1) is 19.2. The molecule has 0 bridgehead atoms. The Morgan fingerprint density at radius 2 is 2.12 bits per heavy atom. The van der Waals surface area contributed by atoms with Gasteiger partial charge in [0.2, 0.25) is 0 Å². The molecule has 0 aliphatic heterocycles. The van der Waals surface area contributed by atoms with E-state index in [-0.39, 0.29) is 24.2 Å². The molecule has 2 aromatic rings. The molecule has 1 aromatic heterocycles. The number of ether oxygens (including phenoxy) is 1. The van der Waals surface area contributed by atoms with Crippen molar-refractivity contribution in [2.45, 2.75) is 31.7 Å². The highest BCUT2D eigenvalue weighted by Crippen LogP contribution is 2.23. The Morgan fingerprint density at radius 3 is 2.76 bits per heavy atom. The number of carbonyl (C=O) groups excluding carboxylic acids is 1. The number of thioether (sulfide) groups is 1. The summed E-state index contributed by atoms with van der Waals surface area (Å²) in [5.41, 5.74) is 1.15. The Morgan fingerprint density at radius 1 is 1.36 bits per heavy atom. The molecule has 0 spiro atoms. The summed E-state index contributed by atoms with van der Waals surface area (Å²) in [6, 6.07) is 5.89. The van der Waals surface area contributed by atoms with Crippen molar-refractivity contribution in [3.8, 4) is 5.75 Å². The number of carbonyl (C=O) groups is 1. The lowest BCUT2D eigenvalue weighted by molar-refractivity contribution is 0.0942. The van der Waals surface area contributed by atoms with Crippen LogP contribution in [0.3, 0.4) is 0 Å². The van der Waals surface area contributed by atoms with Crippen LogP contribution in [0.15, 0.2) is 29.3 Å². The van der Waals surface area contributed by atoms with Crippen LogP contribution in [-0.4, -0.2) is 35.3 Å². The highest BCUT2D eigenvalue weighted by atomic mass is 32.2. The Hall–Kier alpha value is -2.15. The minimum absolute atomic E-state index is 0.196. The van der Waals surface area contributed by atoms with Gasteiger partial charge in [-0.3, -0.25) is 4.79 Å². The second-order valence-electron chi connectivity index (χ2n) is 5.77. The molecule has 1 N–H and O–H groups in total. The third kappa shape index (κ3) is 5.16. The number of aromatic nitrogens is 2. The molecule has 1 heterocycles. The monoisotopic (exact) mass is 363 g/mol. The standard InChI is InChI=1S/C18H22FN3O2S/c1-11(2)16-21-12(3)15(18(22-16)25-4)17(23)20-8-9-24-14-7-5-6-13(19)10-14/h5-7,10-11H,8-9H2,1-4H3,(H,20,23). The Labute approximate surface area is 151 Å². The molecule has 1 amide bonds. The van der Waals surface area contributed by atoms with E-state index in [4.69, 9.17) is 4.74 Å². The lowest BCUT2D eigenvalue weighted by Crippen LogP contribution is -2.30. The molecule has 1 aromatic carbocycles. The molecular formula is C18H22FN3O2S. The average Bonchev–Trinajstić information content (AvgIpc) is 2.57. The van der Waals surface area contributed by atoms with E-state index >= 15 is 0 Å². The van der Waals surface area contributed by atoms with E-state index in [2.05, 4.69) is 15.3 Å². The fourth-order valence-electron chi connectivity index (χ4n) is 2.21. The summed E-state index contributed by atoms with van der Waals surface area (Å²) < 4.78 is 18.5. The maximum atomic E-state index is 13.1. The van der Waals surface area contributed by atoms with Crippen molar-refractivity contribution in [1.29, 1.82) is 0 Å². The van der Waals surface area contributed by atoms with Gasteiger partial charge >= 0.3 is 0 Å². The van der Waals surface area contributed by atoms with Crippen LogP contribution in [0, 0.1) is 12.7 Å². The van der Waals surface area contributed by atoms with Gasteiger partial charge < -0.3 is 10.1 Å². The Balaban J connectivity index is 1.98. The second-order valence-corrected chi connectivity index (χ2v) is 6.56. The summed E-state index contributed by atoms with van der Waals surface area (Å²) in [6.45, 7) is 6.39. The van der Waals surface area contributed by atoms with Crippen LogP contribution in [0.25, 0.3) is 0 Å². The smallest absolute Gasteiger partial charge is 0.256 e. The number of nitrogens with zero attached hydrogens (tertiary/aromatic N) is 2. The van der Waals surface area contributed by atoms with Crippen molar-refractivity contribution in [1.82, 2.24) is 15.3 Å². The van der Waals surface area contributed by atoms with Gasteiger partial charge in [-0.25, -0.2) is 14.4 Å². The highest BCUT2D eigenvalue weighted by molar-refractivity contribution is 7.98. The topological polar surface area (TPSA) is 64.1 Å². The summed E-state index contributed by atoms with van der Waals surface area (Å²) in [5, 5.41) is 3.46. The van der Waals surface area contributed by atoms with E-state index in [0.717, 1.165) is 5.82 Å². The second kappa shape index (κ2) is 8.80. The third-order valence-corrected chi connectivity index (χ3v) is 4.15. The molecule has 5 nitrogen and oxygen atoms in total. The fraction of sp³-hybridized carbons (Fsp3) is 0.389. The summed E-state index contributed by atoms with van der Waals surface area (Å²) in [5.74, 6) is 0.762. The van der Waals surface area contributed by atoms with Gasteiger partial charge in [0.05, 0.1) is 17.8 Å². The van der Waals surface area contributed by atoms with Crippen LogP contribution in [0.5, 0.6) is 5.75 Å². The van der Waals surface area contributed by atoms with E-state index in [9.17, 15) is 9.18 Å². The maximum absolute atomic E-state index is 13.1. The first-order valence-electron chi connectivity index (χ1n) is 8.01. The van der Waals surface area contributed by atoms with Crippen molar-refractivity contribution < 1.29 is 13.9 Å². The Kier molecular flexibility index (Phi) is 6.75. The van der Waals surface area contributed by atoms with E-state index in [0.29, 0.717) is 28.6 Å². The predicted molar refractivity (Wildman–Crippen MR) is 96.9 cm³/mol. The molecule has 0 saturated carbocycles. The largest absolute Gasteiger partial charge is 0.492 e. The molecule has 25 heavy (non-hydrogen) atoms. The molecule has 0 fully saturated rings. The Bertz CT molecular complexity index is 753. The molecule has 7 heteroatoms. The van der Waals surface area contributed by atoms with Gasteiger partial charge in [0.1, 0.15) is 29.0 Å². The van der Waals surface area contributed by atoms with Gasteiger partial charge in [-0.1, -0.05) is 19.9 Å². The summed E-state index contributed by atoms with van der Waals surface area (Å²) in [7, 11) is 0. The molecule has 0 aliphatic carbocycles. The fourth-order valence-corrected chi connectivity index (χ4v) is 2.84. The van der Waals surface area contributed by atoms with Gasteiger partial charge in [-0.15, -0.1) is 11.8 Å². The molecule has 0 saturated heterocycles. The zero-order valence-electron chi connectivity index (χ0n) is 14.8. The number of rotatable bonds is 7. The van der Waals surface area contributed by atoms with Crippen LogP contribution in [0.2, 0.25) is 0 Å². The molecular weight excluding hydrogens is 341 g/mol. The molecule has 0 unspecified atom stereocenters. The average molecular weight is 363 g/mol. The minimum Gasteiger partial charge on any atom is -0.492 e. The minimum atomic E-state index is -0.357. The van der Waals surface area contributed by atoms with E-state index in [1.807, 2.05) is 27.0 Å². The molecule has 134 valence electrons. The maximum Gasteiger partial charge on any atom is 0.256 e. The number of hydrogen-bond acceptors (Lipinski definition) is 5. The van der Waals surface area contributed by atoms with Gasteiger partial charge in [-0.2, -0.15) is 0 Å². The first-order valence-corrected chi connectivity index (χ1v) is 9.24. The van der Waals surface area contributed by atoms with E-state index in [1.54, 1.807) is 12.1 Å². The van der Waals surface area contributed by atoms with Gasteiger partial charge in [-0.05, 0) is 25.3 Å². The van der Waals surface area contributed by atoms with Crippen LogP contribution in [-0.2, 0) is 0 Å². The molecule has 0 aliphatic rings. The highest BCUT2D eigenvalue weighted by Gasteiger charge is 2.19. The zero-order chi connectivity index (χ0) is 18.4. The van der Waals surface area contributed by atoms with Crippen molar-refractivity contribution in [3.05, 3.63) is 47.2 Å². The first-order chi connectivity index (χ1) is 11.9. The quantitative estimate of drug-likeness (QED) is 0.463. The van der Waals surface area contributed by atoms with E-state index < -0.39 is 0 Å². The predicted octanol–water partition coefficient (Wildman–Crippen LogP) is 3.58.